The van der Waals surface area contributed by atoms with E-state index in [9.17, 15) is 4.79 Å². The molecule has 1 fully saturated rings. The topological polar surface area (TPSA) is 45.5 Å². The first-order valence-corrected chi connectivity index (χ1v) is 5.36. The van der Waals surface area contributed by atoms with Crippen molar-refractivity contribution in [1.29, 1.82) is 0 Å². The first-order valence-electron chi connectivity index (χ1n) is 5.36. The molecule has 1 N–H and O–H groups in total. The zero-order valence-electron chi connectivity index (χ0n) is 8.74. The molecule has 0 bridgehead atoms. The van der Waals surface area contributed by atoms with E-state index in [4.69, 9.17) is 4.42 Å². The van der Waals surface area contributed by atoms with Gasteiger partial charge in [0.2, 0.25) is 0 Å². The number of hydrogen-bond acceptors (Lipinski definition) is 4. The van der Waals surface area contributed by atoms with Crippen LogP contribution >= 0.6 is 0 Å². The zero-order valence-corrected chi connectivity index (χ0v) is 8.74. The summed E-state index contributed by atoms with van der Waals surface area (Å²) in [6.45, 7) is 4.95. The van der Waals surface area contributed by atoms with Crippen molar-refractivity contribution in [2.45, 2.75) is 6.42 Å². The molecule has 0 atom stereocenters. The molecule has 2 rings (SSSR count). The van der Waals surface area contributed by atoms with Crippen molar-refractivity contribution >= 4 is 5.78 Å². The Bertz CT molecular complexity index is 302. The molecule has 1 aromatic rings. The van der Waals surface area contributed by atoms with E-state index in [2.05, 4.69) is 10.2 Å². The van der Waals surface area contributed by atoms with Crippen LogP contribution in [-0.4, -0.2) is 43.4 Å². The van der Waals surface area contributed by atoms with Gasteiger partial charge in [0.1, 0.15) is 0 Å². The SMILES string of the molecule is O=C(CCN1CCNCC1)c1ccco1. The van der Waals surface area contributed by atoms with Gasteiger partial charge in [0, 0.05) is 39.1 Å². The second kappa shape index (κ2) is 5.09. The Labute approximate surface area is 89.2 Å². The van der Waals surface area contributed by atoms with Crippen molar-refractivity contribution in [1.82, 2.24) is 10.2 Å². The molecule has 0 aromatic carbocycles. The Hall–Kier alpha value is -1.13. The maximum atomic E-state index is 11.6. The van der Waals surface area contributed by atoms with Crippen molar-refractivity contribution in [3.8, 4) is 0 Å². The highest BCUT2D eigenvalue weighted by Crippen LogP contribution is 2.05. The van der Waals surface area contributed by atoms with Crippen LogP contribution in [-0.2, 0) is 0 Å². The van der Waals surface area contributed by atoms with Gasteiger partial charge in [-0.3, -0.25) is 4.79 Å². The molecule has 0 unspecified atom stereocenters. The molecule has 0 amide bonds. The number of nitrogens with one attached hydrogen (secondary N) is 1. The number of nitrogens with zero attached hydrogens (tertiary/aromatic N) is 1. The van der Waals surface area contributed by atoms with Gasteiger partial charge in [0.25, 0.3) is 0 Å². The third-order valence-corrected chi connectivity index (χ3v) is 2.66. The van der Waals surface area contributed by atoms with E-state index in [0.717, 1.165) is 32.7 Å². The van der Waals surface area contributed by atoms with Crippen LogP contribution in [0.1, 0.15) is 17.0 Å². The Balaban J connectivity index is 1.75. The monoisotopic (exact) mass is 208 g/mol. The maximum absolute atomic E-state index is 11.6. The number of carbonyl (C=O) groups excluding carboxylic acids is 1. The van der Waals surface area contributed by atoms with Gasteiger partial charge >= 0.3 is 0 Å². The molecular weight excluding hydrogens is 192 g/mol. The summed E-state index contributed by atoms with van der Waals surface area (Å²) in [6.07, 6.45) is 2.09. The smallest absolute Gasteiger partial charge is 0.199 e. The Kier molecular flexibility index (Phi) is 3.53. The van der Waals surface area contributed by atoms with Crippen molar-refractivity contribution in [2.75, 3.05) is 32.7 Å². The van der Waals surface area contributed by atoms with Crippen LogP contribution in [0.25, 0.3) is 0 Å². The summed E-state index contributed by atoms with van der Waals surface area (Å²) in [4.78, 5) is 13.9. The Morgan fingerprint density at radius 3 is 2.93 bits per heavy atom. The number of hydrogen-bond donors (Lipinski definition) is 1. The van der Waals surface area contributed by atoms with E-state index in [1.807, 2.05) is 0 Å². The van der Waals surface area contributed by atoms with Crippen LogP contribution in [0.3, 0.4) is 0 Å². The summed E-state index contributed by atoms with van der Waals surface area (Å²) >= 11 is 0. The number of piperazine rings is 1. The van der Waals surface area contributed by atoms with E-state index >= 15 is 0 Å². The van der Waals surface area contributed by atoms with Gasteiger partial charge in [-0.1, -0.05) is 0 Å². The summed E-state index contributed by atoms with van der Waals surface area (Å²) in [5, 5.41) is 3.28. The molecule has 4 nitrogen and oxygen atoms in total. The molecule has 2 heterocycles. The molecule has 0 spiro atoms. The number of furan rings is 1. The van der Waals surface area contributed by atoms with Gasteiger partial charge in [-0.15, -0.1) is 0 Å². The fraction of sp³-hybridized carbons (Fsp3) is 0.545. The Morgan fingerprint density at radius 1 is 1.47 bits per heavy atom. The van der Waals surface area contributed by atoms with E-state index in [1.54, 1.807) is 12.1 Å². The molecule has 1 saturated heterocycles. The maximum Gasteiger partial charge on any atom is 0.199 e. The van der Waals surface area contributed by atoms with Crippen LogP contribution in [0.5, 0.6) is 0 Å². The molecule has 0 aliphatic carbocycles. The van der Waals surface area contributed by atoms with E-state index < -0.39 is 0 Å². The molecule has 1 aromatic heterocycles. The molecule has 82 valence electrons. The third-order valence-electron chi connectivity index (χ3n) is 2.66. The average Bonchev–Trinajstić information content (AvgIpc) is 2.81. The fourth-order valence-electron chi connectivity index (χ4n) is 1.75. The molecule has 1 aliphatic rings. The normalized spacial score (nSPS) is 17.9. The van der Waals surface area contributed by atoms with Gasteiger partial charge in [-0.05, 0) is 12.1 Å². The summed E-state index contributed by atoms with van der Waals surface area (Å²) < 4.78 is 5.05. The van der Waals surface area contributed by atoms with Crippen molar-refractivity contribution < 1.29 is 9.21 Å². The molecule has 4 heteroatoms. The minimum Gasteiger partial charge on any atom is -0.461 e. The predicted molar refractivity (Wildman–Crippen MR) is 57.0 cm³/mol. The number of carbonyl (C=O) groups is 1. The number of ketones is 1. The first-order chi connectivity index (χ1) is 7.36. The third kappa shape index (κ3) is 2.91. The number of rotatable bonds is 4. The lowest BCUT2D eigenvalue weighted by Gasteiger charge is -2.26. The van der Waals surface area contributed by atoms with Crippen LogP contribution < -0.4 is 5.32 Å². The van der Waals surface area contributed by atoms with Crippen molar-refractivity contribution in [2.24, 2.45) is 0 Å². The molecule has 0 saturated carbocycles. The molecule has 15 heavy (non-hydrogen) atoms. The van der Waals surface area contributed by atoms with E-state index in [0.29, 0.717) is 12.2 Å². The quantitative estimate of drug-likeness (QED) is 0.742. The fourth-order valence-corrected chi connectivity index (χ4v) is 1.75. The summed E-state index contributed by atoms with van der Waals surface area (Å²) in [5.74, 6) is 0.573. The standard InChI is InChI=1S/C11H16N2O2/c14-10(11-2-1-9-15-11)3-6-13-7-4-12-5-8-13/h1-2,9,12H,3-8H2. The highest BCUT2D eigenvalue weighted by atomic mass is 16.3. The minimum atomic E-state index is 0.0959. The first kappa shape index (κ1) is 10.4. The van der Waals surface area contributed by atoms with Gasteiger partial charge in [0.05, 0.1) is 6.26 Å². The van der Waals surface area contributed by atoms with Crippen molar-refractivity contribution in [3.63, 3.8) is 0 Å². The van der Waals surface area contributed by atoms with Crippen LogP contribution in [0.2, 0.25) is 0 Å². The highest BCUT2D eigenvalue weighted by molar-refractivity contribution is 5.93. The lowest BCUT2D eigenvalue weighted by molar-refractivity contribution is 0.0933. The Morgan fingerprint density at radius 2 is 2.27 bits per heavy atom. The highest BCUT2D eigenvalue weighted by Gasteiger charge is 2.13. The lowest BCUT2D eigenvalue weighted by atomic mass is 10.2. The van der Waals surface area contributed by atoms with Gasteiger partial charge < -0.3 is 14.6 Å². The van der Waals surface area contributed by atoms with E-state index in [-0.39, 0.29) is 5.78 Å². The van der Waals surface area contributed by atoms with Crippen LogP contribution in [0, 0.1) is 0 Å². The van der Waals surface area contributed by atoms with Crippen molar-refractivity contribution in [3.05, 3.63) is 24.2 Å². The second-order valence-electron chi connectivity index (χ2n) is 3.74. The summed E-state index contributed by atoms with van der Waals surface area (Å²) in [5.41, 5.74) is 0. The lowest BCUT2D eigenvalue weighted by Crippen LogP contribution is -2.44. The number of Topliss-reactive ketones (excluding diaryl/α,β-unsaturated/α-hetero) is 1. The van der Waals surface area contributed by atoms with Gasteiger partial charge in [0.15, 0.2) is 11.5 Å². The molecule has 1 aliphatic heterocycles. The van der Waals surface area contributed by atoms with Gasteiger partial charge in [-0.2, -0.15) is 0 Å². The van der Waals surface area contributed by atoms with Crippen LogP contribution in [0.4, 0.5) is 0 Å². The minimum absolute atomic E-state index is 0.0959. The predicted octanol–water partition coefficient (Wildman–Crippen LogP) is 0.758. The second-order valence-corrected chi connectivity index (χ2v) is 3.74. The van der Waals surface area contributed by atoms with Gasteiger partial charge in [-0.25, -0.2) is 0 Å². The average molecular weight is 208 g/mol. The largest absolute Gasteiger partial charge is 0.461 e. The molecular formula is C11H16N2O2. The van der Waals surface area contributed by atoms with E-state index in [1.165, 1.54) is 6.26 Å². The van der Waals surface area contributed by atoms with Crippen LogP contribution in [0.15, 0.2) is 22.8 Å². The summed E-state index contributed by atoms with van der Waals surface area (Å²) in [7, 11) is 0. The summed E-state index contributed by atoms with van der Waals surface area (Å²) in [6, 6.07) is 3.47. The molecule has 0 radical (unpaired) electrons. The zero-order chi connectivity index (χ0) is 10.5.